The Labute approximate surface area is 83.7 Å². The molecule has 0 aromatic rings. The van der Waals surface area contributed by atoms with Crippen LogP contribution in [0.5, 0.6) is 0 Å². The van der Waals surface area contributed by atoms with Crippen LogP contribution in [0.1, 0.15) is 27.2 Å². The summed E-state index contributed by atoms with van der Waals surface area (Å²) < 4.78 is 5.00. The largest absolute Gasteiger partial charge is 0.463 e. The van der Waals surface area contributed by atoms with Gasteiger partial charge in [0.1, 0.15) is 0 Å². The number of allylic oxidation sites excluding steroid dienone is 1. The Kier molecular flexibility index (Phi) is 3.85. The molecule has 1 rings (SSSR count). The lowest BCUT2D eigenvalue weighted by Gasteiger charge is -2.08. The van der Waals surface area contributed by atoms with E-state index in [4.69, 9.17) is 4.74 Å². The van der Waals surface area contributed by atoms with Gasteiger partial charge >= 0.3 is 5.97 Å². The fraction of sp³-hybridized carbons (Fsp3) is 0.700. The van der Waals surface area contributed by atoms with Gasteiger partial charge in [-0.15, -0.1) is 11.8 Å². The first kappa shape index (κ1) is 10.6. The number of thioether (sulfide) groups is 1. The normalized spacial score (nSPS) is 16.9. The van der Waals surface area contributed by atoms with E-state index in [9.17, 15) is 4.79 Å². The van der Waals surface area contributed by atoms with Crippen LogP contribution in [0.2, 0.25) is 0 Å². The third kappa shape index (κ3) is 2.50. The van der Waals surface area contributed by atoms with Crippen LogP contribution in [0.4, 0.5) is 0 Å². The molecule has 74 valence electrons. The van der Waals surface area contributed by atoms with Crippen molar-refractivity contribution >= 4 is 17.7 Å². The van der Waals surface area contributed by atoms with E-state index < -0.39 is 0 Å². The van der Waals surface area contributed by atoms with Crippen molar-refractivity contribution in [1.82, 2.24) is 0 Å². The van der Waals surface area contributed by atoms with Gasteiger partial charge in [0, 0.05) is 11.3 Å². The summed E-state index contributed by atoms with van der Waals surface area (Å²) in [7, 11) is 0. The molecule has 1 aliphatic heterocycles. The first-order valence-electron chi connectivity index (χ1n) is 4.69. The molecule has 0 fully saturated rings. The Morgan fingerprint density at radius 2 is 2.31 bits per heavy atom. The van der Waals surface area contributed by atoms with Gasteiger partial charge in [-0.05, 0) is 24.2 Å². The van der Waals surface area contributed by atoms with Crippen molar-refractivity contribution in [1.29, 1.82) is 0 Å². The van der Waals surface area contributed by atoms with Crippen LogP contribution < -0.4 is 0 Å². The number of esters is 1. The number of ether oxygens (including phenoxy) is 1. The highest BCUT2D eigenvalue weighted by Crippen LogP contribution is 2.36. The van der Waals surface area contributed by atoms with Crippen LogP contribution in [-0.4, -0.2) is 18.3 Å². The molecule has 0 N–H and O–H groups in total. The average Bonchev–Trinajstić information content (AvgIpc) is 2.52. The number of rotatable bonds is 3. The van der Waals surface area contributed by atoms with Crippen LogP contribution in [0.25, 0.3) is 0 Å². The Hall–Kier alpha value is -0.440. The minimum Gasteiger partial charge on any atom is -0.463 e. The molecule has 0 bridgehead atoms. The summed E-state index contributed by atoms with van der Waals surface area (Å²) in [5, 5.41) is 0. The highest BCUT2D eigenvalue weighted by molar-refractivity contribution is 8.03. The molecular formula is C10H16O2S. The Balaban J connectivity index is 2.75. The van der Waals surface area contributed by atoms with E-state index in [0.29, 0.717) is 12.5 Å². The second-order valence-corrected chi connectivity index (χ2v) is 4.45. The van der Waals surface area contributed by atoms with Gasteiger partial charge in [0.15, 0.2) is 0 Å². The van der Waals surface area contributed by atoms with Gasteiger partial charge in [-0.3, -0.25) is 0 Å². The maximum Gasteiger partial charge on any atom is 0.334 e. The molecule has 1 heterocycles. The molecule has 0 atom stereocenters. The molecule has 0 spiro atoms. The lowest BCUT2D eigenvalue weighted by molar-refractivity contribution is -0.138. The number of carbonyl (C=O) groups excluding carboxylic acids is 1. The molecule has 0 aromatic heterocycles. The smallest absolute Gasteiger partial charge is 0.334 e. The lowest BCUT2D eigenvalue weighted by Crippen LogP contribution is -2.08. The van der Waals surface area contributed by atoms with E-state index in [2.05, 4.69) is 13.8 Å². The average molecular weight is 200 g/mol. The van der Waals surface area contributed by atoms with Gasteiger partial charge in [-0.25, -0.2) is 4.79 Å². The van der Waals surface area contributed by atoms with Gasteiger partial charge in [-0.1, -0.05) is 13.8 Å². The van der Waals surface area contributed by atoms with Crippen molar-refractivity contribution in [3.8, 4) is 0 Å². The van der Waals surface area contributed by atoms with Crippen LogP contribution in [0.3, 0.4) is 0 Å². The monoisotopic (exact) mass is 200 g/mol. The van der Waals surface area contributed by atoms with Crippen molar-refractivity contribution < 1.29 is 9.53 Å². The van der Waals surface area contributed by atoms with Crippen molar-refractivity contribution in [3.05, 3.63) is 10.5 Å². The zero-order valence-electron chi connectivity index (χ0n) is 8.42. The van der Waals surface area contributed by atoms with Crippen molar-refractivity contribution in [2.75, 3.05) is 12.4 Å². The van der Waals surface area contributed by atoms with Crippen LogP contribution in [0, 0.1) is 5.92 Å². The van der Waals surface area contributed by atoms with Gasteiger partial charge in [0.25, 0.3) is 0 Å². The number of hydrogen-bond acceptors (Lipinski definition) is 3. The summed E-state index contributed by atoms with van der Waals surface area (Å²) in [4.78, 5) is 12.7. The molecular weight excluding hydrogens is 184 g/mol. The summed E-state index contributed by atoms with van der Waals surface area (Å²) in [6, 6.07) is 0. The van der Waals surface area contributed by atoms with Crippen LogP contribution >= 0.6 is 11.8 Å². The molecule has 1 aliphatic rings. The second-order valence-electron chi connectivity index (χ2n) is 3.32. The minimum absolute atomic E-state index is 0.115. The molecule has 0 amide bonds. The SMILES string of the molecule is CCOC(=O)C1=C(C(C)C)SCC1. The summed E-state index contributed by atoms with van der Waals surface area (Å²) in [5.41, 5.74) is 0.904. The van der Waals surface area contributed by atoms with Crippen molar-refractivity contribution in [2.24, 2.45) is 5.92 Å². The van der Waals surface area contributed by atoms with E-state index >= 15 is 0 Å². The van der Waals surface area contributed by atoms with E-state index in [1.807, 2.05) is 6.92 Å². The van der Waals surface area contributed by atoms with E-state index in [0.717, 1.165) is 17.7 Å². The molecule has 0 saturated heterocycles. The maximum absolute atomic E-state index is 11.5. The Morgan fingerprint density at radius 3 is 2.85 bits per heavy atom. The number of carbonyl (C=O) groups is 1. The molecule has 3 heteroatoms. The third-order valence-electron chi connectivity index (χ3n) is 1.95. The predicted molar refractivity (Wildman–Crippen MR) is 55.6 cm³/mol. The zero-order valence-corrected chi connectivity index (χ0v) is 9.24. The maximum atomic E-state index is 11.5. The zero-order chi connectivity index (χ0) is 9.84. The summed E-state index contributed by atoms with van der Waals surface area (Å²) in [5.74, 6) is 1.37. The standard InChI is InChI=1S/C10H16O2S/c1-4-12-10(11)8-5-6-13-9(8)7(2)3/h7H,4-6H2,1-3H3. The fourth-order valence-electron chi connectivity index (χ4n) is 1.41. The van der Waals surface area contributed by atoms with E-state index in [-0.39, 0.29) is 5.97 Å². The van der Waals surface area contributed by atoms with Gasteiger partial charge in [0.05, 0.1) is 6.61 Å². The molecule has 0 saturated carbocycles. The minimum atomic E-state index is -0.115. The van der Waals surface area contributed by atoms with Gasteiger partial charge in [-0.2, -0.15) is 0 Å². The van der Waals surface area contributed by atoms with Crippen molar-refractivity contribution in [3.63, 3.8) is 0 Å². The molecule has 0 aromatic carbocycles. The van der Waals surface area contributed by atoms with Crippen LogP contribution in [-0.2, 0) is 9.53 Å². The highest BCUT2D eigenvalue weighted by atomic mass is 32.2. The van der Waals surface area contributed by atoms with Crippen molar-refractivity contribution in [2.45, 2.75) is 27.2 Å². The summed E-state index contributed by atoms with van der Waals surface area (Å²) in [6.07, 6.45) is 0.872. The fourth-order valence-corrected chi connectivity index (χ4v) is 2.63. The quantitative estimate of drug-likeness (QED) is 0.655. The first-order valence-corrected chi connectivity index (χ1v) is 5.68. The highest BCUT2D eigenvalue weighted by Gasteiger charge is 2.23. The topological polar surface area (TPSA) is 26.3 Å². The van der Waals surface area contributed by atoms with E-state index in [1.165, 1.54) is 4.91 Å². The van der Waals surface area contributed by atoms with Crippen LogP contribution in [0.15, 0.2) is 10.5 Å². The Bertz CT molecular complexity index is 231. The van der Waals surface area contributed by atoms with E-state index in [1.54, 1.807) is 11.8 Å². The summed E-state index contributed by atoms with van der Waals surface area (Å²) in [6.45, 7) is 6.55. The lowest BCUT2D eigenvalue weighted by atomic mass is 10.1. The molecule has 2 nitrogen and oxygen atoms in total. The summed E-state index contributed by atoms with van der Waals surface area (Å²) >= 11 is 1.79. The first-order chi connectivity index (χ1) is 6.16. The van der Waals surface area contributed by atoms with Gasteiger partial charge < -0.3 is 4.74 Å². The predicted octanol–water partition coefficient (Wildman–Crippen LogP) is 2.60. The molecule has 13 heavy (non-hydrogen) atoms. The van der Waals surface area contributed by atoms with Gasteiger partial charge in [0.2, 0.25) is 0 Å². The molecule has 0 unspecified atom stereocenters. The molecule has 0 aliphatic carbocycles. The Morgan fingerprint density at radius 1 is 1.62 bits per heavy atom. The third-order valence-corrected chi connectivity index (χ3v) is 3.39. The second kappa shape index (κ2) is 4.70. The number of hydrogen-bond donors (Lipinski definition) is 0. The molecule has 0 radical (unpaired) electrons.